The van der Waals surface area contributed by atoms with E-state index in [1.807, 2.05) is 25.1 Å². The predicted octanol–water partition coefficient (Wildman–Crippen LogP) is 5.11. The van der Waals surface area contributed by atoms with Crippen molar-refractivity contribution in [1.82, 2.24) is 0 Å². The normalized spacial score (nSPS) is 10.2. The van der Waals surface area contributed by atoms with E-state index in [0.717, 1.165) is 5.56 Å². The summed E-state index contributed by atoms with van der Waals surface area (Å²) in [6, 6.07) is 17.9. The van der Waals surface area contributed by atoms with E-state index in [0.29, 0.717) is 28.2 Å². The highest BCUT2D eigenvalue weighted by molar-refractivity contribution is 6.06. The molecule has 0 aliphatic rings. The Morgan fingerprint density at radius 2 is 1.50 bits per heavy atom. The zero-order valence-electron chi connectivity index (χ0n) is 16.4. The van der Waals surface area contributed by atoms with Gasteiger partial charge in [0, 0.05) is 34.3 Å². The molecule has 0 heterocycles. The number of carbonyl (C=O) groups excluding carboxylic acids is 2. The molecular weight excluding hydrogens is 384 g/mol. The van der Waals surface area contributed by atoms with Gasteiger partial charge in [0.25, 0.3) is 11.6 Å². The Hall–Kier alpha value is -4.20. The molecule has 0 aliphatic heterocycles. The number of nitrogens with zero attached hydrogens (tertiary/aromatic N) is 1. The van der Waals surface area contributed by atoms with Gasteiger partial charge in [0.1, 0.15) is 0 Å². The minimum absolute atomic E-state index is 0.0432. The van der Waals surface area contributed by atoms with Gasteiger partial charge in [-0.25, -0.2) is 4.79 Å². The van der Waals surface area contributed by atoms with Crippen molar-refractivity contribution >= 4 is 34.7 Å². The molecule has 152 valence electrons. The second kappa shape index (κ2) is 8.87. The summed E-state index contributed by atoms with van der Waals surface area (Å²) in [6.07, 6.45) is 0. The molecule has 0 fully saturated rings. The summed E-state index contributed by atoms with van der Waals surface area (Å²) in [4.78, 5) is 35.2. The number of amides is 3. The number of aryl methyl sites for hydroxylation is 2. The van der Waals surface area contributed by atoms with E-state index in [2.05, 4.69) is 16.0 Å². The minimum Gasteiger partial charge on any atom is -0.322 e. The van der Waals surface area contributed by atoms with E-state index in [1.54, 1.807) is 37.3 Å². The molecular formula is C22H20N4O4. The first kappa shape index (κ1) is 20.5. The van der Waals surface area contributed by atoms with Crippen LogP contribution in [0.2, 0.25) is 0 Å². The number of nitrogens with one attached hydrogen (secondary N) is 3. The van der Waals surface area contributed by atoms with E-state index in [4.69, 9.17) is 0 Å². The lowest BCUT2D eigenvalue weighted by molar-refractivity contribution is -0.385. The highest BCUT2D eigenvalue weighted by Gasteiger charge is 2.15. The Balaban J connectivity index is 1.72. The number of urea groups is 1. The molecule has 0 spiro atoms. The van der Waals surface area contributed by atoms with Crippen LogP contribution in [0.3, 0.4) is 0 Å². The Morgan fingerprint density at radius 1 is 0.800 bits per heavy atom. The summed E-state index contributed by atoms with van der Waals surface area (Å²) >= 11 is 0. The number of nitro benzene ring substituents is 1. The first-order chi connectivity index (χ1) is 14.3. The van der Waals surface area contributed by atoms with Crippen LogP contribution in [0.25, 0.3) is 0 Å². The van der Waals surface area contributed by atoms with Crippen LogP contribution in [-0.2, 0) is 0 Å². The molecule has 30 heavy (non-hydrogen) atoms. The average Bonchev–Trinajstić information content (AvgIpc) is 2.70. The van der Waals surface area contributed by atoms with Crippen molar-refractivity contribution in [2.45, 2.75) is 13.8 Å². The van der Waals surface area contributed by atoms with Gasteiger partial charge in [-0.2, -0.15) is 0 Å². The monoisotopic (exact) mass is 404 g/mol. The summed E-state index contributed by atoms with van der Waals surface area (Å²) in [5.41, 5.74) is 3.14. The zero-order chi connectivity index (χ0) is 21.7. The molecule has 0 bridgehead atoms. The molecule has 3 N–H and O–H groups in total. The topological polar surface area (TPSA) is 113 Å². The Morgan fingerprint density at radius 3 is 2.17 bits per heavy atom. The molecule has 3 amide bonds. The van der Waals surface area contributed by atoms with Crippen molar-refractivity contribution in [2.75, 3.05) is 16.0 Å². The van der Waals surface area contributed by atoms with Gasteiger partial charge in [-0.3, -0.25) is 14.9 Å². The Labute approximate surface area is 173 Å². The largest absolute Gasteiger partial charge is 0.323 e. The predicted molar refractivity (Wildman–Crippen MR) is 116 cm³/mol. The van der Waals surface area contributed by atoms with Crippen molar-refractivity contribution in [1.29, 1.82) is 0 Å². The van der Waals surface area contributed by atoms with E-state index >= 15 is 0 Å². The number of hydrogen-bond donors (Lipinski definition) is 3. The van der Waals surface area contributed by atoms with Gasteiger partial charge in [-0.05, 0) is 55.8 Å². The van der Waals surface area contributed by atoms with Crippen LogP contribution in [0.5, 0.6) is 0 Å². The number of benzene rings is 3. The van der Waals surface area contributed by atoms with Crippen LogP contribution in [0, 0.1) is 24.0 Å². The van der Waals surface area contributed by atoms with Crippen LogP contribution in [0.4, 0.5) is 27.5 Å². The second-order valence-corrected chi connectivity index (χ2v) is 6.69. The third kappa shape index (κ3) is 4.99. The second-order valence-electron chi connectivity index (χ2n) is 6.69. The third-order valence-corrected chi connectivity index (χ3v) is 4.43. The van der Waals surface area contributed by atoms with Crippen molar-refractivity contribution in [3.8, 4) is 0 Å². The molecule has 0 saturated heterocycles. The first-order valence-electron chi connectivity index (χ1n) is 9.13. The summed E-state index contributed by atoms with van der Waals surface area (Å²) in [7, 11) is 0. The number of anilines is 3. The molecule has 0 unspecified atom stereocenters. The van der Waals surface area contributed by atoms with Crippen LogP contribution < -0.4 is 16.0 Å². The minimum atomic E-state index is -0.489. The molecule has 8 nitrogen and oxygen atoms in total. The fraction of sp³-hybridized carbons (Fsp3) is 0.0909. The molecule has 0 radical (unpaired) electrons. The van der Waals surface area contributed by atoms with E-state index in [1.165, 1.54) is 18.2 Å². The van der Waals surface area contributed by atoms with E-state index in [-0.39, 0.29) is 5.69 Å². The molecule has 3 rings (SSSR count). The number of para-hydroxylation sites is 1. The average molecular weight is 404 g/mol. The summed E-state index contributed by atoms with van der Waals surface area (Å²) in [6.45, 7) is 3.40. The molecule has 0 aromatic heterocycles. The Bertz CT molecular complexity index is 1110. The molecule has 0 aliphatic carbocycles. The summed E-state index contributed by atoms with van der Waals surface area (Å²) in [5.74, 6) is -0.401. The third-order valence-electron chi connectivity index (χ3n) is 4.43. The Kier molecular flexibility index (Phi) is 6.07. The van der Waals surface area contributed by atoms with Crippen LogP contribution in [-0.4, -0.2) is 16.9 Å². The fourth-order valence-corrected chi connectivity index (χ4v) is 2.85. The van der Waals surface area contributed by atoms with Gasteiger partial charge in [0.15, 0.2) is 0 Å². The van der Waals surface area contributed by atoms with Crippen molar-refractivity contribution < 1.29 is 14.5 Å². The van der Waals surface area contributed by atoms with Gasteiger partial charge in [-0.15, -0.1) is 0 Å². The number of carbonyl (C=O) groups is 2. The SMILES string of the molecule is Cc1ccc(NC(=O)Nc2ccccc2)cc1NC(=O)c1ccc([N+](=O)[O-])c(C)c1. The number of hydrogen-bond acceptors (Lipinski definition) is 4. The maximum Gasteiger partial charge on any atom is 0.323 e. The maximum atomic E-state index is 12.6. The van der Waals surface area contributed by atoms with Crippen LogP contribution in [0.1, 0.15) is 21.5 Å². The van der Waals surface area contributed by atoms with Gasteiger partial charge in [0.05, 0.1) is 4.92 Å². The number of nitro groups is 1. The summed E-state index contributed by atoms with van der Waals surface area (Å²) in [5, 5.41) is 19.2. The van der Waals surface area contributed by atoms with Crippen LogP contribution >= 0.6 is 0 Å². The van der Waals surface area contributed by atoms with Gasteiger partial charge >= 0.3 is 6.03 Å². The van der Waals surface area contributed by atoms with Gasteiger partial charge < -0.3 is 16.0 Å². The lowest BCUT2D eigenvalue weighted by Gasteiger charge is -2.12. The van der Waals surface area contributed by atoms with Crippen molar-refractivity contribution in [3.63, 3.8) is 0 Å². The lowest BCUT2D eigenvalue weighted by Crippen LogP contribution is -2.19. The molecule has 3 aromatic carbocycles. The fourth-order valence-electron chi connectivity index (χ4n) is 2.85. The van der Waals surface area contributed by atoms with Crippen molar-refractivity contribution in [3.05, 3.63) is 93.5 Å². The van der Waals surface area contributed by atoms with E-state index in [9.17, 15) is 19.7 Å². The standard InChI is InChI=1S/C22H20N4O4/c1-14-8-10-18(24-22(28)23-17-6-4-3-5-7-17)13-19(14)25-21(27)16-9-11-20(26(29)30)15(2)12-16/h3-13H,1-2H3,(H,25,27)(H2,23,24,28). The molecule has 8 heteroatoms. The van der Waals surface area contributed by atoms with Crippen LogP contribution in [0.15, 0.2) is 66.7 Å². The highest BCUT2D eigenvalue weighted by atomic mass is 16.6. The van der Waals surface area contributed by atoms with Gasteiger partial charge in [0.2, 0.25) is 0 Å². The molecule has 3 aromatic rings. The summed E-state index contributed by atoms with van der Waals surface area (Å²) < 4.78 is 0. The number of rotatable bonds is 5. The van der Waals surface area contributed by atoms with Gasteiger partial charge in [-0.1, -0.05) is 24.3 Å². The highest BCUT2D eigenvalue weighted by Crippen LogP contribution is 2.23. The molecule has 0 atom stereocenters. The lowest BCUT2D eigenvalue weighted by atomic mass is 10.1. The van der Waals surface area contributed by atoms with Crippen molar-refractivity contribution in [2.24, 2.45) is 0 Å². The van der Waals surface area contributed by atoms with E-state index < -0.39 is 16.9 Å². The molecule has 0 saturated carbocycles. The maximum absolute atomic E-state index is 12.6. The smallest absolute Gasteiger partial charge is 0.322 e. The first-order valence-corrected chi connectivity index (χ1v) is 9.13. The quantitative estimate of drug-likeness (QED) is 0.405. The zero-order valence-corrected chi connectivity index (χ0v) is 16.4.